The van der Waals surface area contributed by atoms with Crippen molar-refractivity contribution in [1.82, 2.24) is 0 Å². The number of hydrogen-bond acceptors (Lipinski definition) is 5. The minimum absolute atomic E-state index is 0.0836. The van der Waals surface area contributed by atoms with E-state index >= 15 is 0 Å². The summed E-state index contributed by atoms with van der Waals surface area (Å²) in [4.78, 5) is 13.4. The summed E-state index contributed by atoms with van der Waals surface area (Å²) in [7, 11) is 3.35. The zero-order chi connectivity index (χ0) is 19.7. The molecule has 1 aliphatic rings. The highest BCUT2D eigenvalue weighted by Gasteiger charge is 2.33. The highest BCUT2D eigenvalue weighted by Crippen LogP contribution is 2.32. The van der Waals surface area contributed by atoms with Gasteiger partial charge in [-0.2, -0.15) is 0 Å². The third kappa shape index (κ3) is 3.43. The SMILES string of the molecule is COc1ccc(OC)c([C@H]2CCC[NH+]2Cc2cc(=O)oc3cc(O)ccc23)c1. The van der Waals surface area contributed by atoms with E-state index in [-0.39, 0.29) is 11.8 Å². The van der Waals surface area contributed by atoms with Gasteiger partial charge in [0, 0.05) is 35.9 Å². The monoisotopic (exact) mass is 382 g/mol. The standard InChI is InChI=1S/C22H23NO5/c1-26-16-6-8-20(27-2)18(12-16)19-4-3-9-23(19)13-14-10-22(25)28-21-11-15(24)5-7-17(14)21/h5-8,10-12,19,24H,3-4,9,13H2,1-2H3/p+1/t19-/m1/s1. The van der Waals surface area contributed by atoms with Gasteiger partial charge in [0.05, 0.1) is 26.3 Å². The second-order valence-electron chi connectivity index (χ2n) is 7.16. The van der Waals surface area contributed by atoms with Crippen LogP contribution in [0.1, 0.15) is 30.0 Å². The van der Waals surface area contributed by atoms with Gasteiger partial charge in [0.1, 0.15) is 35.4 Å². The van der Waals surface area contributed by atoms with Crippen molar-refractivity contribution < 1.29 is 23.9 Å². The molecular weight excluding hydrogens is 358 g/mol. The van der Waals surface area contributed by atoms with Gasteiger partial charge >= 0.3 is 5.63 Å². The van der Waals surface area contributed by atoms with Gasteiger partial charge in [0.15, 0.2) is 0 Å². The van der Waals surface area contributed by atoms with Crippen LogP contribution in [0.25, 0.3) is 11.0 Å². The molecule has 2 heterocycles. The van der Waals surface area contributed by atoms with Crippen molar-refractivity contribution in [1.29, 1.82) is 0 Å². The summed E-state index contributed by atoms with van der Waals surface area (Å²) in [5.74, 6) is 1.75. The molecule has 1 saturated heterocycles. The van der Waals surface area contributed by atoms with Crippen LogP contribution < -0.4 is 20.0 Å². The van der Waals surface area contributed by atoms with E-state index in [1.807, 2.05) is 18.2 Å². The Bertz CT molecular complexity index is 1060. The van der Waals surface area contributed by atoms with Crippen LogP contribution in [0.2, 0.25) is 0 Å². The summed E-state index contributed by atoms with van der Waals surface area (Å²) < 4.78 is 16.3. The molecule has 28 heavy (non-hydrogen) atoms. The van der Waals surface area contributed by atoms with E-state index in [0.29, 0.717) is 12.1 Å². The van der Waals surface area contributed by atoms with Crippen LogP contribution in [-0.4, -0.2) is 25.9 Å². The third-order valence-corrected chi connectivity index (χ3v) is 5.53. The van der Waals surface area contributed by atoms with Crippen LogP contribution in [0.15, 0.2) is 51.7 Å². The summed E-state index contributed by atoms with van der Waals surface area (Å²) >= 11 is 0. The Morgan fingerprint density at radius 3 is 2.79 bits per heavy atom. The quantitative estimate of drug-likeness (QED) is 0.663. The molecule has 146 valence electrons. The number of fused-ring (bicyclic) bond motifs is 1. The molecule has 0 bridgehead atoms. The highest BCUT2D eigenvalue weighted by molar-refractivity contribution is 5.81. The van der Waals surface area contributed by atoms with E-state index in [1.54, 1.807) is 32.4 Å². The molecule has 0 aliphatic carbocycles. The molecule has 2 atom stereocenters. The molecule has 4 rings (SSSR count). The molecule has 1 unspecified atom stereocenters. The van der Waals surface area contributed by atoms with Gasteiger partial charge in [-0.25, -0.2) is 4.79 Å². The van der Waals surface area contributed by atoms with Gasteiger partial charge in [0.25, 0.3) is 0 Å². The first kappa shape index (κ1) is 18.4. The number of phenolic OH excluding ortho intramolecular Hbond substituents is 1. The summed E-state index contributed by atoms with van der Waals surface area (Å²) in [6.07, 6.45) is 2.14. The molecule has 6 heteroatoms. The number of rotatable bonds is 5. The average molecular weight is 382 g/mol. The second kappa shape index (κ2) is 7.56. The summed E-state index contributed by atoms with van der Waals surface area (Å²) in [5, 5.41) is 10.6. The van der Waals surface area contributed by atoms with Gasteiger partial charge in [0.2, 0.25) is 0 Å². The molecule has 0 saturated carbocycles. The van der Waals surface area contributed by atoms with Crippen LogP contribution in [0, 0.1) is 0 Å². The van der Waals surface area contributed by atoms with Gasteiger partial charge in [-0.15, -0.1) is 0 Å². The largest absolute Gasteiger partial charge is 0.508 e. The molecule has 2 aromatic carbocycles. The van der Waals surface area contributed by atoms with Gasteiger partial charge in [-0.3, -0.25) is 0 Å². The molecule has 6 nitrogen and oxygen atoms in total. The number of methoxy groups -OCH3 is 2. The molecule has 3 aromatic rings. The van der Waals surface area contributed by atoms with Crippen LogP contribution in [0.3, 0.4) is 0 Å². The van der Waals surface area contributed by atoms with E-state index < -0.39 is 5.63 Å². The van der Waals surface area contributed by atoms with Gasteiger partial charge < -0.3 is 23.9 Å². The Morgan fingerprint density at radius 2 is 2.00 bits per heavy atom. The van der Waals surface area contributed by atoms with Crippen molar-refractivity contribution in [3.05, 3.63) is 64.0 Å². The molecular formula is C22H24NO5+. The lowest BCUT2D eigenvalue weighted by atomic mass is 10.0. The summed E-state index contributed by atoms with van der Waals surface area (Å²) in [5.41, 5.74) is 2.06. The molecule has 0 amide bonds. The zero-order valence-electron chi connectivity index (χ0n) is 16.0. The third-order valence-electron chi connectivity index (χ3n) is 5.53. The number of nitrogens with one attached hydrogen (secondary N) is 1. The topological polar surface area (TPSA) is 73.3 Å². The molecule has 0 spiro atoms. The van der Waals surface area contributed by atoms with Crippen molar-refractivity contribution in [2.75, 3.05) is 20.8 Å². The van der Waals surface area contributed by atoms with Crippen molar-refractivity contribution in [2.24, 2.45) is 0 Å². The van der Waals surface area contributed by atoms with Crippen LogP contribution in [0.5, 0.6) is 17.2 Å². The van der Waals surface area contributed by atoms with Crippen molar-refractivity contribution in [3.63, 3.8) is 0 Å². The fourth-order valence-electron chi connectivity index (χ4n) is 4.22. The van der Waals surface area contributed by atoms with Crippen molar-refractivity contribution >= 4 is 11.0 Å². The first-order chi connectivity index (χ1) is 13.6. The van der Waals surface area contributed by atoms with Crippen molar-refractivity contribution in [2.45, 2.75) is 25.4 Å². The maximum Gasteiger partial charge on any atom is 0.336 e. The number of phenols is 1. The number of aromatic hydroxyl groups is 1. The fraction of sp³-hybridized carbons (Fsp3) is 0.318. The number of quaternary nitrogens is 1. The first-order valence-corrected chi connectivity index (χ1v) is 9.41. The molecule has 1 fully saturated rings. The Hall–Kier alpha value is -2.99. The number of benzene rings is 2. The highest BCUT2D eigenvalue weighted by atomic mass is 16.5. The maximum atomic E-state index is 12.0. The summed E-state index contributed by atoms with van der Waals surface area (Å²) in [6.45, 7) is 1.70. The average Bonchev–Trinajstić information content (AvgIpc) is 3.14. The van der Waals surface area contributed by atoms with E-state index in [1.165, 1.54) is 11.0 Å². The predicted octanol–water partition coefficient (Wildman–Crippen LogP) is 2.44. The Morgan fingerprint density at radius 1 is 1.14 bits per heavy atom. The van der Waals surface area contributed by atoms with Crippen LogP contribution in [-0.2, 0) is 6.54 Å². The van der Waals surface area contributed by atoms with E-state index in [0.717, 1.165) is 47.4 Å². The lowest BCUT2D eigenvalue weighted by Crippen LogP contribution is -3.08. The second-order valence-corrected chi connectivity index (χ2v) is 7.16. The minimum atomic E-state index is -0.401. The van der Waals surface area contributed by atoms with Crippen LogP contribution in [0.4, 0.5) is 0 Å². The Balaban J connectivity index is 1.71. The Labute approximate surface area is 162 Å². The first-order valence-electron chi connectivity index (χ1n) is 9.41. The van der Waals surface area contributed by atoms with Crippen LogP contribution >= 0.6 is 0 Å². The molecule has 1 aliphatic heterocycles. The molecule has 1 aromatic heterocycles. The molecule has 2 N–H and O–H groups in total. The van der Waals surface area contributed by atoms with E-state index in [4.69, 9.17) is 13.9 Å². The summed E-state index contributed by atoms with van der Waals surface area (Å²) in [6, 6.07) is 12.6. The minimum Gasteiger partial charge on any atom is -0.508 e. The van der Waals surface area contributed by atoms with Gasteiger partial charge in [-0.1, -0.05) is 0 Å². The maximum absolute atomic E-state index is 12.0. The molecule has 0 radical (unpaired) electrons. The Kier molecular flexibility index (Phi) is 4.96. The number of hydrogen-bond donors (Lipinski definition) is 2. The van der Waals surface area contributed by atoms with Gasteiger partial charge in [-0.05, 0) is 30.3 Å². The smallest absolute Gasteiger partial charge is 0.336 e. The zero-order valence-corrected chi connectivity index (χ0v) is 16.0. The number of ether oxygens (including phenoxy) is 2. The lowest BCUT2D eigenvalue weighted by Gasteiger charge is -2.24. The predicted molar refractivity (Wildman–Crippen MR) is 105 cm³/mol. The van der Waals surface area contributed by atoms with E-state index in [9.17, 15) is 9.90 Å². The lowest BCUT2D eigenvalue weighted by molar-refractivity contribution is -0.931. The number of likely N-dealkylation sites (tertiary alicyclic amines) is 1. The fourth-order valence-corrected chi connectivity index (χ4v) is 4.22. The van der Waals surface area contributed by atoms with Crippen molar-refractivity contribution in [3.8, 4) is 17.2 Å². The van der Waals surface area contributed by atoms with E-state index in [2.05, 4.69) is 0 Å². The normalized spacial score (nSPS) is 19.1.